The van der Waals surface area contributed by atoms with E-state index in [9.17, 15) is 0 Å². The molecule has 2 aliphatic rings. The van der Waals surface area contributed by atoms with Crippen molar-refractivity contribution in [2.75, 3.05) is 0 Å². The summed E-state index contributed by atoms with van der Waals surface area (Å²) in [4.78, 5) is 0. The van der Waals surface area contributed by atoms with Gasteiger partial charge in [0.25, 0.3) is 0 Å². The molecule has 0 saturated carbocycles. The molecule has 0 saturated heterocycles. The van der Waals surface area contributed by atoms with Crippen molar-refractivity contribution in [2.45, 2.75) is 27.7 Å². The number of allylic oxidation sites excluding steroid dienone is 10. The van der Waals surface area contributed by atoms with Gasteiger partial charge in [0.2, 0.25) is 0 Å². The van der Waals surface area contributed by atoms with Crippen molar-refractivity contribution in [3.63, 3.8) is 0 Å². The minimum Gasteiger partial charge on any atom is -1.00 e. The Kier molecular flexibility index (Phi) is 8.51. The summed E-state index contributed by atoms with van der Waals surface area (Å²) in [7, 11) is 0. The van der Waals surface area contributed by atoms with Crippen LogP contribution in [-0.4, -0.2) is 0 Å². The number of halogens is 2. The number of hydrogen-bond donors (Lipinski definition) is 0. The first-order valence-corrected chi connectivity index (χ1v) is 12.5. The van der Waals surface area contributed by atoms with Crippen LogP contribution in [-0.2, 0) is 23.2 Å². The van der Waals surface area contributed by atoms with Crippen LogP contribution in [0.3, 0.4) is 0 Å². The van der Waals surface area contributed by atoms with Crippen LogP contribution < -0.4 is 24.8 Å². The Balaban J connectivity index is 0.00000171. The molecule has 0 aliphatic heterocycles. The number of benzene rings is 2. The Hall–Kier alpha value is -1.66. The molecule has 0 N–H and O–H groups in total. The van der Waals surface area contributed by atoms with Gasteiger partial charge in [-0.05, 0) is 0 Å². The van der Waals surface area contributed by atoms with Gasteiger partial charge in [-0.25, -0.2) is 0 Å². The predicted octanol–water partition coefficient (Wildman–Crippen LogP) is 1.39. The second-order valence-electron chi connectivity index (χ2n) is 8.17. The van der Waals surface area contributed by atoms with Crippen LogP contribution in [0.25, 0.3) is 11.1 Å². The Labute approximate surface area is 210 Å². The molecule has 0 radical (unpaired) electrons. The molecule has 0 spiro atoms. The fourth-order valence-electron chi connectivity index (χ4n) is 4.21. The first-order valence-electron chi connectivity index (χ1n) is 9.99. The molecule has 0 unspecified atom stereocenters. The van der Waals surface area contributed by atoms with Crippen molar-refractivity contribution in [3.05, 3.63) is 125 Å². The van der Waals surface area contributed by atoms with Gasteiger partial charge in [-0.2, -0.15) is 0 Å². The molecule has 0 fully saturated rings. The minimum absolute atomic E-state index is 0. The van der Waals surface area contributed by atoms with E-state index in [1.165, 1.54) is 62.2 Å². The summed E-state index contributed by atoms with van der Waals surface area (Å²) in [5.41, 5.74) is 13.0. The van der Waals surface area contributed by atoms with Crippen LogP contribution in [0.15, 0.2) is 91.6 Å². The molecule has 0 nitrogen and oxygen atoms in total. The van der Waals surface area contributed by atoms with E-state index in [2.05, 4.69) is 102 Å². The van der Waals surface area contributed by atoms with Crippen LogP contribution in [0, 0.1) is 27.7 Å². The zero-order valence-corrected chi connectivity index (χ0v) is 22.4. The molecular formula is C28H26Cl2Zr. The van der Waals surface area contributed by atoms with E-state index in [0.29, 0.717) is 0 Å². The fourth-order valence-corrected chi connectivity index (χ4v) is 7.80. The van der Waals surface area contributed by atoms with E-state index in [1.807, 2.05) is 0 Å². The molecule has 0 amide bonds. The van der Waals surface area contributed by atoms with Gasteiger partial charge in [-0.1, -0.05) is 0 Å². The summed E-state index contributed by atoms with van der Waals surface area (Å²) >= 11 is -1.08. The molecule has 31 heavy (non-hydrogen) atoms. The molecule has 0 heterocycles. The molecule has 156 valence electrons. The molecule has 2 aromatic carbocycles. The van der Waals surface area contributed by atoms with Crippen LogP contribution in [0.5, 0.6) is 0 Å². The standard InChI is InChI=1S/2C14H13.2ClH.Zr/c2*1-10-4-5-13(7-10)14-8-11(2)6-12(3)9-14;;;/h2*4-6,8-9H,1H2,2-3H3;2*1H;/q;;;;+2/p-2. The Morgan fingerprint density at radius 2 is 0.839 bits per heavy atom. The van der Waals surface area contributed by atoms with E-state index in [0.717, 1.165) is 0 Å². The number of aryl methyl sites for hydroxylation is 4. The van der Waals surface area contributed by atoms with Crippen molar-refractivity contribution >= 4 is 11.1 Å². The maximum Gasteiger partial charge on any atom is -1.00 e. The SMILES string of the molecule is C=C1C=CC(c2cc(C)cc(C)c2)=[C]1[Zr+2][C]1=C(c2cc(C)cc(C)c2)C=CC1=C.[Cl-].[Cl-]. The van der Waals surface area contributed by atoms with Gasteiger partial charge >= 0.3 is 187 Å². The van der Waals surface area contributed by atoms with E-state index in [-0.39, 0.29) is 24.8 Å². The van der Waals surface area contributed by atoms with Crippen LogP contribution in [0.1, 0.15) is 33.4 Å². The maximum absolute atomic E-state index is 4.37. The summed E-state index contributed by atoms with van der Waals surface area (Å²) in [6, 6.07) is 13.7. The second kappa shape index (κ2) is 10.3. The normalized spacial score (nSPS) is 14.7. The molecule has 2 aromatic rings. The average molecular weight is 525 g/mol. The summed E-state index contributed by atoms with van der Waals surface area (Å²) < 4.78 is 2.95. The first kappa shape index (κ1) is 25.6. The third-order valence-electron chi connectivity index (χ3n) is 5.40. The van der Waals surface area contributed by atoms with E-state index >= 15 is 0 Å². The van der Waals surface area contributed by atoms with E-state index < -0.39 is 23.2 Å². The maximum atomic E-state index is 4.37. The Morgan fingerprint density at radius 3 is 1.16 bits per heavy atom. The molecule has 4 rings (SSSR count). The van der Waals surface area contributed by atoms with Crippen molar-refractivity contribution in [1.82, 2.24) is 0 Å². The summed E-state index contributed by atoms with van der Waals surface area (Å²) in [6.07, 6.45) is 8.89. The molecule has 0 bridgehead atoms. The Bertz CT molecular complexity index is 1060. The van der Waals surface area contributed by atoms with Crippen LogP contribution >= 0.6 is 0 Å². The fraction of sp³-hybridized carbons (Fsp3) is 0.143. The molecule has 0 atom stereocenters. The zero-order chi connectivity index (χ0) is 20.7. The van der Waals surface area contributed by atoms with Gasteiger partial charge in [0.15, 0.2) is 0 Å². The average Bonchev–Trinajstić information content (AvgIpc) is 3.17. The summed E-state index contributed by atoms with van der Waals surface area (Å²) in [5, 5.41) is 0. The van der Waals surface area contributed by atoms with Gasteiger partial charge in [0.05, 0.1) is 0 Å². The molecule has 2 aliphatic carbocycles. The van der Waals surface area contributed by atoms with Crippen LogP contribution in [0.4, 0.5) is 0 Å². The molecule has 3 heteroatoms. The summed E-state index contributed by atoms with van der Waals surface area (Å²) in [5.74, 6) is 0. The van der Waals surface area contributed by atoms with Gasteiger partial charge in [0, 0.05) is 0 Å². The first-order chi connectivity index (χ1) is 13.8. The quantitative estimate of drug-likeness (QED) is 0.567. The third kappa shape index (κ3) is 5.40. The molecule has 0 aromatic heterocycles. The number of hydrogen-bond acceptors (Lipinski definition) is 0. The van der Waals surface area contributed by atoms with Crippen LogP contribution in [0.2, 0.25) is 0 Å². The van der Waals surface area contributed by atoms with Gasteiger partial charge in [-0.3, -0.25) is 0 Å². The van der Waals surface area contributed by atoms with Gasteiger partial charge in [0.1, 0.15) is 0 Å². The van der Waals surface area contributed by atoms with Crippen molar-refractivity contribution in [3.8, 4) is 0 Å². The molecular weight excluding hydrogens is 498 g/mol. The smallest absolute Gasteiger partial charge is 1.00 e. The number of rotatable bonds is 4. The van der Waals surface area contributed by atoms with Gasteiger partial charge in [-0.15, -0.1) is 0 Å². The second-order valence-corrected chi connectivity index (χ2v) is 11.2. The topological polar surface area (TPSA) is 0 Å². The third-order valence-corrected chi connectivity index (χ3v) is 9.53. The van der Waals surface area contributed by atoms with Gasteiger partial charge < -0.3 is 24.8 Å². The largest absolute Gasteiger partial charge is 1.00 e. The van der Waals surface area contributed by atoms with E-state index in [4.69, 9.17) is 0 Å². The monoisotopic (exact) mass is 522 g/mol. The zero-order valence-electron chi connectivity index (χ0n) is 18.4. The van der Waals surface area contributed by atoms with Crippen molar-refractivity contribution < 1.29 is 48.0 Å². The predicted molar refractivity (Wildman–Crippen MR) is 122 cm³/mol. The summed E-state index contributed by atoms with van der Waals surface area (Å²) in [6.45, 7) is 17.4. The van der Waals surface area contributed by atoms with Crippen molar-refractivity contribution in [1.29, 1.82) is 0 Å². The Morgan fingerprint density at radius 1 is 0.516 bits per heavy atom. The van der Waals surface area contributed by atoms with Crippen molar-refractivity contribution in [2.24, 2.45) is 0 Å². The minimum atomic E-state index is -1.08. The van der Waals surface area contributed by atoms with E-state index in [1.54, 1.807) is 0 Å².